The van der Waals surface area contributed by atoms with Crippen LogP contribution in [0.4, 0.5) is 0 Å². The lowest BCUT2D eigenvalue weighted by atomic mass is 9.89. The van der Waals surface area contributed by atoms with Crippen molar-refractivity contribution in [3.05, 3.63) is 29.8 Å². The molecular weight excluding hydrogens is 400 g/mol. The highest BCUT2D eigenvalue weighted by Gasteiger charge is 2.11. The van der Waals surface area contributed by atoms with E-state index in [9.17, 15) is 9.59 Å². The van der Waals surface area contributed by atoms with Crippen molar-refractivity contribution in [3.63, 3.8) is 0 Å². The molecule has 1 aromatic carbocycles. The molecule has 0 spiro atoms. The Hall–Kier alpha value is -2.12. The molecule has 0 amide bonds. The highest BCUT2D eigenvalue weighted by Crippen LogP contribution is 2.23. The molecule has 0 aromatic heterocycles. The minimum atomic E-state index is -0.761. The molecule has 0 heterocycles. The molecule has 0 aliphatic rings. The third kappa shape index (κ3) is 15.3. The lowest BCUT2D eigenvalue weighted by molar-refractivity contribution is -0.138. The number of ether oxygens (including phenoxy) is 3. The fourth-order valence-corrected chi connectivity index (χ4v) is 3.41. The molecular formula is C24H38O7. The first-order valence-corrected chi connectivity index (χ1v) is 11.3. The summed E-state index contributed by atoms with van der Waals surface area (Å²) in [5.74, 6) is -0.316. The zero-order valence-corrected chi connectivity index (χ0v) is 18.7. The topological polar surface area (TPSA) is 102 Å². The predicted molar refractivity (Wildman–Crippen MR) is 119 cm³/mol. The molecule has 2 N–H and O–H groups in total. The van der Waals surface area contributed by atoms with Gasteiger partial charge in [-0.1, -0.05) is 31.4 Å². The van der Waals surface area contributed by atoms with E-state index < -0.39 is 11.9 Å². The van der Waals surface area contributed by atoms with Crippen LogP contribution in [-0.2, 0) is 25.5 Å². The number of rotatable bonds is 20. The summed E-state index contributed by atoms with van der Waals surface area (Å²) in [5, 5.41) is 17.6. The number of benzene rings is 1. The van der Waals surface area contributed by atoms with Crippen LogP contribution in [0.1, 0.15) is 63.9 Å². The molecule has 0 saturated carbocycles. The smallest absolute Gasteiger partial charge is 0.303 e. The Morgan fingerprint density at radius 3 is 2.10 bits per heavy atom. The Balaban J connectivity index is 2.38. The van der Waals surface area contributed by atoms with Gasteiger partial charge >= 0.3 is 11.9 Å². The normalized spacial score (nSPS) is 11.9. The summed E-state index contributed by atoms with van der Waals surface area (Å²) in [6, 6.07) is 8.02. The zero-order chi connectivity index (χ0) is 22.7. The lowest BCUT2D eigenvalue weighted by Crippen LogP contribution is -2.10. The Morgan fingerprint density at radius 2 is 1.42 bits per heavy atom. The summed E-state index contributed by atoms with van der Waals surface area (Å²) >= 11 is 0. The molecule has 31 heavy (non-hydrogen) atoms. The van der Waals surface area contributed by atoms with Gasteiger partial charge in [-0.25, -0.2) is 0 Å². The number of aliphatic carboxylic acids is 2. The van der Waals surface area contributed by atoms with Crippen LogP contribution >= 0.6 is 0 Å². The molecule has 1 aromatic rings. The summed E-state index contributed by atoms with van der Waals surface area (Å²) in [5.41, 5.74) is 1.20. The largest absolute Gasteiger partial charge is 0.491 e. The molecule has 0 radical (unpaired) electrons. The van der Waals surface area contributed by atoms with E-state index in [1.165, 1.54) is 5.56 Å². The number of hydrogen-bond donors (Lipinski definition) is 2. The van der Waals surface area contributed by atoms with E-state index in [1.807, 2.05) is 19.1 Å². The first-order chi connectivity index (χ1) is 15.0. The van der Waals surface area contributed by atoms with Crippen molar-refractivity contribution in [2.24, 2.45) is 5.92 Å². The number of unbranched alkanes of at least 4 members (excludes halogenated alkanes) is 2. The molecule has 7 heteroatoms. The minimum absolute atomic E-state index is 0.189. The van der Waals surface area contributed by atoms with Crippen LogP contribution in [0.25, 0.3) is 0 Å². The van der Waals surface area contributed by atoms with Gasteiger partial charge in [0.2, 0.25) is 0 Å². The summed E-state index contributed by atoms with van der Waals surface area (Å²) in [7, 11) is 0. The summed E-state index contributed by atoms with van der Waals surface area (Å²) < 4.78 is 16.3. The van der Waals surface area contributed by atoms with E-state index in [0.29, 0.717) is 51.8 Å². The van der Waals surface area contributed by atoms with E-state index >= 15 is 0 Å². The van der Waals surface area contributed by atoms with Crippen molar-refractivity contribution in [3.8, 4) is 5.75 Å². The van der Waals surface area contributed by atoms with Crippen LogP contribution in [0.2, 0.25) is 0 Å². The van der Waals surface area contributed by atoms with Crippen molar-refractivity contribution < 1.29 is 34.0 Å². The molecule has 0 bridgehead atoms. The maximum atomic E-state index is 10.8. The molecule has 1 atom stereocenters. The molecule has 0 aliphatic heterocycles. The van der Waals surface area contributed by atoms with Crippen LogP contribution in [-0.4, -0.2) is 55.2 Å². The van der Waals surface area contributed by atoms with Crippen molar-refractivity contribution in [1.29, 1.82) is 0 Å². The number of carboxylic acid groups (broad SMARTS) is 2. The van der Waals surface area contributed by atoms with Crippen LogP contribution in [0.3, 0.4) is 0 Å². The summed E-state index contributed by atoms with van der Waals surface area (Å²) in [4.78, 5) is 21.5. The molecule has 1 rings (SSSR count). The van der Waals surface area contributed by atoms with Gasteiger partial charge in [-0.3, -0.25) is 9.59 Å². The second-order valence-electron chi connectivity index (χ2n) is 7.65. The van der Waals surface area contributed by atoms with Crippen molar-refractivity contribution >= 4 is 11.9 Å². The average Bonchev–Trinajstić information content (AvgIpc) is 2.73. The van der Waals surface area contributed by atoms with Gasteiger partial charge in [0.1, 0.15) is 12.4 Å². The molecule has 1 unspecified atom stereocenters. The first-order valence-electron chi connectivity index (χ1n) is 11.3. The van der Waals surface area contributed by atoms with Crippen molar-refractivity contribution in [2.45, 2.75) is 64.7 Å². The van der Waals surface area contributed by atoms with E-state index in [2.05, 4.69) is 12.1 Å². The second-order valence-corrected chi connectivity index (χ2v) is 7.65. The van der Waals surface area contributed by atoms with Gasteiger partial charge < -0.3 is 24.4 Å². The number of carboxylic acids is 2. The number of hydrogen-bond acceptors (Lipinski definition) is 5. The summed E-state index contributed by atoms with van der Waals surface area (Å²) in [6.07, 6.45) is 6.35. The van der Waals surface area contributed by atoms with Gasteiger partial charge in [-0.15, -0.1) is 0 Å². The summed E-state index contributed by atoms with van der Waals surface area (Å²) in [6.45, 7) is 4.81. The fraction of sp³-hybridized carbons (Fsp3) is 0.667. The maximum absolute atomic E-state index is 10.8. The van der Waals surface area contributed by atoms with Crippen molar-refractivity contribution in [1.82, 2.24) is 0 Å². The highest BCUT2D eigenvalue weighted by atomic mass is 16.5. The van der Waals surface area contributed by atoms with E-state index in [1.54, 1.807) is 0 Å². The molecule has 0 fully saturated rings. The quantitative estimate of drug-likeness (QED) is 0.288. The Morgan fingerprint density at radius 1 is 0.806 bits per heavy atom. The van der Waals surface area contributed by atoms with E-state index in [-0.39, 0.29) is 12.8 Å². The average molecular weight is 439 g/mol. The third-order valence-electron chi connectivity index (χ3n) is 5.03. The van der Waals surface area contributed by atoms with Gasteiger partial charge in [0.05, 0.1) is 19.8 Å². The Labute approximate surface area is 185 Å². The van der Waals surface area contributed by atoms with E-state index in [0.717, 1.165) is 37.9 Å². The molecule has 7 nitrogen and oxygen atoms in total. The van der Waals surface area contributed by atoms with Gasteiger partial charge in [-0.2, -0.15) is 0 Å². The zero-order valence-electron chi connectivity index (χ0n) is 18.7. The lowest BCUT2D eigenvalue weighted by Gasteiger charge is -2.17. The van der Waals surface area contributed by atoms with Gasteiger partial charge in [-0.05, 0) is 56.2 Å². The SMILES string of the molecule is CCOCCOCCOc1ccc(CC(CCCCCC(=O)O)CCCC(=O)O)cc1. The standard InChI is InChI=1S/C24H38O7/c1-2-29-15-16-30-17-18-31-22-13-11-21(12-14-22)19-20(8-6-10-24(27)28)7-4-3-5-9-23(25)26/h11-14,20H,2-10,15-19H2,1H3,(H,25,26)(H,27,28). The highest BCUT2D eigenvalue weighted by molar-refractivity contribution is 5.66. The minimum Gasteiger partial charge on any atom is -0.491 e. The van der Waals surface area contributed by atoms with Gasteiger partial charge in [0.25, 0.3) is 0 Å². The molecule has 0 aliphatic carbocycles. The van der Waals surface area contributed by atoms with Crippen molar-refractivity contribution in [2.75, 3.05) is 33.0 Å². The molecule has 176 valence electrons. The second kappa shape index (κ2) is 17.5. The fourth-order valence-electron chi connectivity index (χ4n) is 3.41. The first kappa shape index (κ1) is 26.9. The monoisotopic (exact) mass is 438 g/mol. The molecule has 0 saturated heterocycles. The van der Waals surface area contributed by atoms with Crippen LogP contribution in [0, 0.1) is 5.92 Å². The predicted octanol–water partition coefficient (Wildman–Crippen LogP) is 4.57. The van der Waals surface area contributed by atoms with Crippen LogP contribution < -0.4 is 4.74 Å². The van der Waals surface area contributed by atoms with Crippen LogP contribution in [0.5, 0.6) is 5.75 Å². The van der Waals surface area contributed by atoms with E-state index in [4.69, 9.17) is 24.4 Å². The number of carbonyl (C=O) groups is 2. The van der Waals surface area contributed by atoms with Crippen LogP contribution in [0.15, 0.2) is 24.3 Å². The van der Waals surface area contributed by atoms with Gasteiger partial charge in [0.15, 0.2) is 0 Å². The maximum Gasteiger partial charge on any atom is 0.303 e. The Bertz CT molecular complexity index is 600. The van der Waals surface area contributed by atoms with Gasteiger partial charge in [0, 0.05) is 19.4 Å². The Kier molecular flexibility index (Phi) is 15.2. The third-order valence-corrected chi connectivity index (χ3v) is 5.03.